The third-order valence-corrected chi connectivity index (χ3v) is 2.32. The van der Waals surface area contributed by atoms with Crippen molar-refractivity contribution in [1.82, 2.24) is 4.90 Å². The fraction of sp³-hybridized carbons (Fsp3) is 0.300. The number of hydrogen-bond donors (Lipinski definition) is 2. The number of nitrogens with zero attached hydrogens (tertiary/aromatic N) is 1. The number of aliphatic hydroxyl groups excluding tert-OH is 1. The van der Waals surface area contributed by atoms with Gasteiger partial charge in [0.15, 0.2) is 0 Å². The molecule has 4 nitrogen and oxygen atoms in total. The number of carbonyl (C=O) groups excluding carboxylic acids is 1. The summed E-state index contributed by atoms with van der Waals surface area (Å²) >= 11 is 0. The highest BCUT2D eigenvalue weighted by Crippen LogP contribution is 2.17. The number of benzene rings is 1. The van der Waals surface area contributed by atoms with Crippen LogP contribution in [0.25, 0.3) is 0 Å². The summed E-state index contributed by atoms with van der Waals surface area (Å²) in [7, 11) is 0. The van der Waals surface area contributed by atoms with Crippen LogP contribution in [0.2, 0.25) is 0 Å². The van der Waals surface area contributed by atoms with Gasteiger partial charge in [-0.1, -0.05) is 0 Å². The molecule has 0 atom stereocenters. The Labute approximate surface area is 90.5 Å². The maximum atomic E-state index is 13.2. The zero-order valence-corrected chi connectivity index (χ0v) is 8.28. The fourth-order valence-corrected chi connectivity index (χ4v) is 1.41. The van der Waals surface area contributed by atoms with Crippen molar-refractivity contribution in [3.05, 3.63) is 29.8 Å². The Morgan fingerprint density at radius 1 is 1.44 bits per heavy atom. The summed E-state index contributed by atoms with van der Waals surface area (Å²) in [4.78, 5) is 12.7. The molecule has 1 saturated heterocycles. The van der Waals surface area contributed by atoms with E-state index in [2.05, 4.69) is 5.32 Å². The number of β-amino-alcohol motifs (C(OH)–C–C–N with tert-alkyl or cyclic N) is 1. The van der Waals surface area contributed by atoms with Gasteiger partial charge in [-0.3, -0.25) is 0 Å². The molecule has 0 spiro atoms. The van der Waals surface area contributed by atoms with E-state index in [0.717, 1.165) is 12.1 Å². The van der Waals surface area contributed by atoms with Crippen molar-refractivity contribution in [3.8, 4) is 0 Å². The van der Waals surface area contributed by atoms with Gasteiger partial charge in [-0.05, 0) is 12.1 Å². The average Bonchev–Trinajstić information content (AvgIpc) is 2.17. The Hall–Kier alpha value is -1.69. The minimum absolute atomic E-state index is 0.0761. The predicted molar refractivity (Wildman–Crippen MR) is 53.0 cm³/mol. The molecule has 1 aromatic carbocycles. The molecule has 2 amide bonds. The Morgan fingerprint density at radius 2 is 2.12 bits per heavy atom. The van der Waals surface area contributed by atoms with Gasteiger partial charge in [-0.2, -0.15) is 0 Å². The van der Waals surface area contributed by atoms with Gasteiger partial charge < -0.3 is 15.3 Å². The standard InChI is InChI=1S/C10H10F2N2O2/c11-6-1-2-9(8(12)3-6)13-10(16)14-4-7(15)5-14/h1-3,7,15H,4-5H2,(H,13,16). The van der Waals surface area contributed by atoms with E-state index < -0.39 is 23.8 Å². The average molecular weight is 228 g/mol. The molecule has 0 aromatic heterocycles. The van der Waals surface area contributed by atoms with Gasteiger partial charge in [-0.15, -0.1) is 0 Å². The fourth-order valence-electron chi connectivity index (χ4n) is 1.41. The summed E-state index contributed by atoms with van der Waals surface area (Å²) in [5, 5.41) is 11.3. The molecule has 6 heteroatoms. The van der Waals surface area contributed by atoms with Gasteiger partial charge in [0.1, 0.15) is 11.6 Å². The van der Waals surface area contributed by atoms with Gasteiger partial charge in [0.05, 0.1) is 24.9 Å². The third-order valence-electron chi connectivity index (χ3n) is 2.32. The lowest BCUT2D eigenvalue weighted by Crippen LogP contribution is -2.54. The molecular formula is C10H10F2N2O2. The number of nitrogens with one attached hydrogen (secondary N) is 1. The molecule has 0 saturated carbocycles. The van der Waals surface area contributed by atoms with Crippen LogP contribution in [0.5, 0.6) is 0 Å². The minimum Gasteiger partial charge on any atom is -0.389 e. The molecule has 1 heterocycles. The maximum Gasteiger partial charge on any atom is 0.322 e. The van der Waals surface area contributed by atoms with Crippen molar-refractivity contribution in [2.24, 2.45) is 0 Å². The number of carbonyl (C=O) groups is 1. The Bertz CT molecular complexity index is 419. The van der Waals surface area contributed by atoms with Crippen molar-refractivity contribution >= 4 is 11.7 Å². The molecule has 2 rings (SSSR count). The lowest BCUT2D eigenvalue weighted by Gasteiger charge is -2.35. The van der Waals surface area contributed by atoms with Gasteiger partial charge >= 0.3 is 6.03 Å². The highest BCUT2D eigenvalue weighted by Gasteiger charge is 2.29. The molecule has 0 radical (unpaired) electrons. The first-order valence-corrected chi connectivity index (χ1v) is 4.75. The molecule has 1 aliphatic rings. The summed E-state index contributed by atoms with van der Waals surface area (Å²) in [5.74, 6) is -1.52. The maximum absolute atomic E-state index is 13.2. The Morgan fingerprint density at radius 3 is 2.69 bits per heavy atom. The van der Waals surface area contributed by atoms with E-state index in [1.165, 1.54) is 4.90 Å². The first kappa shape index (κ1) is 10.8. The number of rotatable bonds is 1. The molecule has 2 N–H and O–H groups in total. The number of halogens is 2. The number of hydrogen-bond acceptors (Lipinski definition) is 2. The first-order chi connectivity index (χ1) is 7.56. The van der Waals surface area contributed by atoms with Gasteiger partial charge in [-0.25, -0.2) is 13.6 Å². The molecule has 0 aliphatic carbocycles. The van der Waals surface area contributed by atoms with Crippen molar-refractivity contribution in [1.29, 1.82) is 0 Å². The van der Waals surface area contributed by atoms with Crippen LogP contribution in [0.15, 0.2) is 18.2 Å². The van der Waals surface area contributed by atoms with Crippen molar-refractivity contribution in [2.45, 2.75) is 6.10 Å². The van der Waals surface area contributed by atoms with E-state index in [4.69, 9.17) is 5.11 Å². The van der Waals surface area contributed by atoms with Gasteiger partial charge in [0, 0.05) is 6.07 Å². The van der Waals surface area contributed by atoms with E-state index in [-0.39, 0.29) is 18.8 Å². The predicted octanol–water partition coefficient (Wildman–Crippen LogP) is 1.17. The van der Waals surface area contributed by atoms with Crippen LogP contribution in [0.3, 0.4) is 0 Å². The summed E-state index contributed by atoms with van der Waals surface area (Å²) in [6, 6.07) is 2.40. The quantitative estimate of drug-likeness (QED) is 0.758. The molecule has 1 fully saturated rings. The lowest BCUT2D eigenvalue weighted by atomic mass is 10.2. The van der Waals surface area contributed by atoms with E-state index >= 15 is 0 Å². The molecule has 1 aliphatic heterocycles. The highest BCUT2D eigenvalue weighted by molar-refractivity contribution is 5.90. The summed E-state index contributed by atoms with van der Waals surface area (Å²) < 4.78 is 25.7. The van der Waals surface area contributed by atoms with Crippen LogP contribution >= 0.6 is 0 Å². The van der Waals surface area contributed by atoms with Crippen LogP contribution in [0, 0.1) is 11.6 Å². The Balaban J connectivity index is 2.01. The number of aliphatic hydroxyl groups is 1. The second-order valence-corrected chi connectivity index (χ2v) is 3.61. The summed E-state index contributed by atoms with van der Waals surface area (Å²) in [6.07, 6.45) is -0.510. The number of urea groups is 1. The zero-order chi connectivity index (χ0) is 11.7. The van der Waals surface area contributed by atoms with Crippen LogP contribution in [-0.2, 0) is 0 Å². The van der Waals surface area contributed by atoms with Crippen molar-refractivity contribution in [2.75, 3.05) is 18.4 Å². The number of likely N-dealkylation sites (tertiary alicyclic amines) is 1. The van der Waals surface area contributed by atoms with E-state index in [1.54, 1.807) is 0 Å². The molecule has 0 bridgehead atoms. The van der Waals surface area contributed by atoms with Crippen LogP contribution in [-0.4, -0.2) is 35.2 Å². The minimum atomic E-state index is -0.825. The zero-order valence-electron chi connectivity index (χ0n) is 8.28. The normalized spacial score (nSPS) is 15.8. The van der Waals surface area contributed by atoms with Gasteiger partial charge in [0.25, 0.3) is 0 Å². The smallest absolute Gasteiger partial charge is 0.322 e. The van der Waals surface area contributed by atoms with E-state index in [9.17, 15) is 13.6 Å². The molecule has 0 unspecified atom stereocenters. The highest BCUT2D eigenvalue weighted by atomic mass is 19.1. The lowest BCUT2D eigenvalue weighted by molar-refractivity contribution is 0.0308. The van der Waals surface area contributed by atoms with Crippen LogP contribution in [0.1, 0.15) is 0 Å². The molecule has 1 aromatic rings. The molecule has 86 valence electrons. The number of anilines is 1. The van der Waals surface area contributed by atoms with Crippen molar-refractivity contribution < 1.29 is 18.7 Å². The summed E-state index contributed by atoms with van der Waals surface area (Å²) in [5.41, 5.74) is -0.0761. The number of amides is 2. The van der Waals surface area contributed by atoms with Crippen LogP contribution in [0.4, 0.5) is 19.3 Å². The molecule has 16 heavy (non-hydrogen) atoms. The first-order valence-electron chi connectivity index (χ1n) is 4.75. The largest absolute Gasteiger partial charge is 0.389 e. The van der Waals surface area contributed by atoms with Gasteiger partial charge in [0.2, 0.25) is 0 Å². The van der Waals surface area contributed by atoms with Crippen molar-refractivity contribution in [3.63, 3.8) is 0 Å². The van der Waals surface area contributed by atoms with E-state index in [1.807, 2.05) is 0 Å². The topological polar surface area (TPSA) is 52.6 Å². The Kier molecular flexibility index (Phi) is 2.74. The second-order valence-electron chi connectivity index (χ2n) is 3.61. The van der Waals surface area contributed by atoms with E-state index in [0.29, 0.717) is 6.07 Å². The monoisotopic (exact) mass is 228 g/mol. The van der Waals surface area contributed by atoms with Crippen LogP contribution < -0.4 is 5.32 Å². The third kappa shape index (κ3) is 2.11. The second kappa shape index (κ2) is 4.05. The summed E-state index contributed by atoms with van der Waals surface area (Å²) in [6.45, 7) is 0.462. The molecular weight excluding hydrogens is 218 g/mol. The SMILES string of the molecule is O=C(Nc1ccc(F)cc1F)N1CC(O)C1.